The number of carbonyl (C=O) groups excluding carboxylic acids is 1. The first kappa shape index (κ1) is 17.9. The van der Waals surface area contributed by atoms with Crippen LogP contribution < -0.4 is 10.6 Å². The Balaban J connectivity index is 1.62. The van der Waals surface area contributed by atoms with Crippen molar-refractivity contribution in [2.24, 2.45) is 0 Å². The van der Waals surface area contributed by atoms with Crippen LogP contribution in [0.3, 0.4) is 0 Å². The minimum Gasteiger partial charge on any atom is -0.337 e. The second-order valence-electron chi connectivity index (χ2n) is 6.31. The van der Waals surface area contributed by atoms with Crippen LogP contribution in [0.4, 0.5) is 5.69 Å². The standard InChI is InChI=1S/C21H24N4O/c1-17-8-10-19(11-9-17)24-21(26)20(18-6-3-2-4-7-18)23-12-5-14-25-15-13-22-16-25/h2-4,6-11,13,15-16,20,23H,5,12,14H2,1H3,(H,24,26)/t20-/m0/s1. The normalized spacial score (nSPS) is 11.9. The number of anilines is 1. The summed E-state index contributed by atoms with van der Waals surface area (Å²) in [4.78, 5) is 16.9. The van der Waals surface area contributed by atoms with Gasteiger partial charge in [-0.05, 0) is 37.6 Å². The summed E-state index contributed by atoms with van der Waals surface area (Å²) < 4.78 is 2.03. The fourth-order valence-corrected chi connectivity index (χ4v) is 2.79. The van der Waals surface area contributed by atoms with Crippen molar-refractivity contribution in [2.45, 2.75) is 25.9 Å². The van der Waals surface area contributed by atoms with Crippen LogP contribution in [0.5, 0.6) is 0 Å². The molecule has 26 heavy (non-hydrogen) atoms. The molecule has 0 aliphatic carbocycles. The highest BCUT2D eigenvalue weighted by Gasteiger charge is 2.19. The van der Waals surface area contributed by atoms with Gasteiger partial charge in [0.05, 0.1) is 6.33 Å². The lowest BCUT2D eigenvalue weighted by molar-refractivity contribution is -0.118. The van der Waals surface area contributed by atoms with Crippen molar-refractivity contribution in [3.8, 4) is 0 Å². The number of nitrogens with zero attached hydrogens (tertiary/aromatic N) is 2. The van der Waals surface area contributed by atoms with E-state index >= 15 is 0 Å². The van der Waals surface area contributed by atoms with E-state index in [-0.39, 0.29) is 11.9 Å². The molecule has 1 heterocycles. The van der Waals surface area contributed by atoms with Crippen molar-refractivity contribution >= 4 is 11.6 Å². The van der Waals surface area contributed by atoms with E-state index in [1.165, 1.54) is 5.56 Å². The maximum atomic E-state index is 12.8. The second-order valence-corrected chi connectivity index (χ2v) is 6.31. The molecule has 1 amide bonds. The van der Waals surface area contributed by atoms with E-state index in [4.69, 9.17) is 0 Å². The number of carbonyl (C=O) groups is 1. The molecule has 1 atom stereocenters. The van der Waals surface area contributed by atoms with Gasteiger partial charge in [-0.15, -0.1) is 0 Å². The monoisotopic (exact) mass is 348 g/mol. The Morgan fingerprint density at radius 1 is 1.12 bits per heavy atom. The average Bonchev–Trinajstić information content (AvgIpc) is 3.18. The molecule has 0 aliphatic heterocycles. The zero-order valence-electron chi connectivity index (χ0n) is 14.9. The minimum absolute atomic E-state index is 0.0531. The van der Waals surface area contributed by atoms with Crippen LogP contribution >= 0.6 is 0 Å². The molecule has 2 aromatic carbocycles. The highest BCUT2D eigenvalue weighted by Crippen LogP contribution is 2.16. The Kier molecular flexibility index (Phi) is 6.17. The van der Waals surface area contributed by atoms with Crippen LogP contribution in [0.25, 0.3) is 0 Å². The van der Waals surface area contributed by atoms with Crippen molar-refractivity contribution < 1.29 is 4.79 Å². The van der Waals surface area contributed by atoms with Crippen molar-refractivity contribution in [3.63, 3.8) is 0 Å². The summed E-state index contributed by atoms with van der Waals surface area (Å²) in [5.74, 6) is -0.0531. The van der Waals surface area contributed by atoms with Crippen molar-refractivity contribution in [1.29, 1.82) is 0 Å². The molecule has 2 N–H and O–H groups in total. The van der Waals surface area contributed by atoms with Crippen molar-refractivity contribution in [1.82, 2.24) is 14.9 Å². The first-order chi connectivity index (χ1) is 12.7. The van der Waals surface area contributed by atoms with Gasteiger partial charge in [0.25, 0.3) is 0 Å². The van der Waals surface area contributed by atoms with Gasteiger partial charge < -0.3 is 15.2 Å². The molecule has 5 nitrogen and oxygen atoms in total. The van der Waals surface area contributed by atoms with Gasteiger partial charge in [0.15, 0.2) is 0 Å². The van der Waals surface area contributed by atoms with Crippen LogP contribution in [0.2, 0.25) is 0 Å². The Morgan fingerprint density at radius 2 is 1.88 bits per heavy atom. The number of amides is 1. The third-order valence-corrected chi connectivity index (χ3v) is 4.21. The molecule has 3 rings (SSSR count). The molecular formula is C21H24N4O. The fourth-order valence-electron chi connectivity index (χ4n) is 2.79. The van der Waals surface area contributed by atoms with Crippen LogP contribution in [0, 0.1) is 6.92 Å². The van der Waals surface area contributed by atoms with Crippen LogP contribution in [-0.2, 0) is 11.3 Å². The molecule has 0 radical (unpaired) electrons. The number of hydrogen-bond donors (Lipinski definition) is 2. The summed E-state index contributed by atoms with van der Waals surface area (Å²) in [6, 6.07) is 17.3. The van der Waals surface area contributed by atoms with Crippen LogP contribution in [-0.4, -0.2) is 22.0 Å². The first-order valence-electron chi connectivity index (χ1n) is 8.84. The Labute approximate surface area is 154 Å². The zero-order chi connectivity index (χ0) is 18.2. The number of aromatic nitrogens is 2. The lowest BCUT2D eigenvalue weighted by atomic mass is 10.1. The fraction of sp³-hybridized carbons (Fsp3) is 0.238. The zero-order valence-corrected chi connectivity index (χ0v) is 14.9. The van der Waals surface area contributed by atoms with E-state index in [2.05, 4.69) is 15.6 Å². The Hall–Kier alpha value is -2.92. The molecule has 0 saturated carbocycles. The van der Waals surface area contributed by atoms with E-state index in [0.717, 1.165) is 30.8 Å². The van der Waals surface area contributed by atoms with Gasteiger partial charge in [-0.1, -0.05) is 48.0 Å². The molecule has 3 aromatic rings. The minimum atomic E-state index is -0.389. The predicted octanol–water partition coefficient (Wildman–Crippen LogP) is 3.55. The van der Waals surface area contributed by atoms with Gasteiger partial charge in [0.2, 0.25) is 5.91 Å². The first-order valence-corrected chi connectivity index (χ1v) is 8.84. The number of nitrogens with one attached hydrogen (secondary N) is 2. The number of benzene rings is 2. The van der Waals surface area contributed by atoms with E-state index in [9.17, 15) is 4.79 Å². The van der Waals surface area contributed by atoms with Gasteiger partial charge in [-0.25, -0.2) is 4.98 Å². The average molecular weight is 348 g/mol. The highest BCUT2D eigenvalue weighted by molar-refractivity contribution is 5.95. The number of rotatable bonds is 8. The van der Waals surface area contributed by atoms with Gasteiger partial charge in [0, 0.05) is 24.6 Å². The third kappa shape index (κ3) is 5.04. The van der Waals surface area contributed by atoms with E-state index < -0.39 is 0 Å². The largest absolute Gasteiger partial charge is 0.337 e. The van der Waals surface area contributed by atoms with Crippen LogP contribution in [0.15, 0.2) is 73.3 Å². The quantitative estimate of drug-likeness (QED) is 0.612. The second kappa shape index (κ2) is 8.97. The van der Waals surface area contributed by atoms with Crippen molar-refractivity contribution in [3.05, 3.63) is 84.4 Å². The SMILES string of the molecule is Cc1ccc(NC(=O)[C@@H](NCCCn2ccnc2)c2ccccc2)cc1. The van der Waals surface area contributed by atoms with E-state index in [1.54, 1.807) is 12.5 Å². The van der Waals surface area contributed by atoms with Crippen molar-refractivity contribution in [2.75, 3.05) is 11.9 Å². The lowest BCUT2D eigenvalue weighted by Gasteiger charge is -2.19. The summed E-state index contributed by atoms with van der Waals surface area (Å²) in [5, 5.41) is 6.39. The third-order valence-electron chi connectivity index (χ3n) is 4.21. The summed E-state index contributed by atoms with van der Waals surface area (Å²) >= 11 is 0. The maximum absolute atomic E-state index is 12.8. The molecule has 0 aliphatic rings. The van der Waals surface area contributed by atoms with Gasteiger partial charge in [0.1, 0.15) is 6.04 Å². The number of imidazole rings is 1. The maximum Gasteiger partial charge on any atom is 0.246 e. The number of aryl methyl sites for hydroxylation is 2. The molecule has 0 bridgehead atoms. The summed E-state index contributed by atoms with van der Waals surface area (Å²) in [7, 11) is 0. The number of hydrogen-bond acceptors (Lipinski definition) is 3. The highest BCUT2D eigenvalue weighted by atomic mass is 16.2. The topological polar surface area (TPSA) is 59.0 Å². The van der Waals surface area contributed by atoms with Gasteiger partial charge in [-0.2, -0.15) is 0 Å². The molecular weight excluding hydrogens is 324 g/mol. The Bertz CT molecular complexity index is 798. The lowest BCUT2D eigenvalue weighted by Crippen LogP contribution is -2.34. The smallest absolute Gasteiger partial charge is 0.246 e. The molecule has 0 fully saturated rings. The van der Waals surface area contributed by atoms with Gasteiger partial charge >= 0.3 is 0 Å². The molecule has 0 spiro atoms. The molecule has 0 saturated heterocycles. The molecule has 5 heteroatoms. The Morgan fingerprint density at radius 3 is 2.58 bits per heavy atom. The molecule has 1 aromatic heterocycles. The molecule has 134 valence electrons. The van der Waals surface area contributed by atoms with Crippen LogP contribution in [0.1, 0.15) is 23.6 Å². The summed E-state index contributed by atoms with van der Waals surface area (Å²) in [5.41, 5.74) is 2.93. The summed E-state index contributed by atoms with van der Waals surface area (Å²) in [6.07, 6.45) is 6.43. The summed E-state index contributed by atoms with van der Waals surface area (Å²) in [6.45, 7) is 3.63. The predicted molar refractivity (Wildman–Crippen MR) is 104 cm³/mol. The van der Waals surface area contributed by atoms with E-state index in [0.29, 0.717) is 0 Å². The van der Waals surface area contributed by atoms with E-state index in [1.807, 2.05) is 72.3 Å². The van der Waals surface area contributed by atoms with Gasteiger partial charge in [-0.3, -0.25) is 4.79 Å². The molecule has 0 unspecified atom stereocenters.